The maximum absolute atomic E-state index is 2.51. The van der Waals surface area contributed by atoms with Gasteiger partial charge in [-0.15, -0.1) is 0 Å². The molecule has 0 aromatic rings. The summed E-state index contributed by atoms with van der Waals surface area (Å²) in [5.41, 5.74) is 9.07. The van der Waals surface area contributed by atoms with Crippen LogP contribution in [0.25, 0.3) is 0 Å². The van der Waals surface area contributed by atoms with Crippen molar-refractivity contribution in [3.8, 4) is 0 Å². The molecule has 0 radical (unpaired) electrons. The Morgan fingerprint density at radius 1 is 0.545 bits per heavy atom. The summed E-state index contributed by atoms with van der Waals surface area (Å²) in [6.07, 6.45) is 25.1. The Labute approximate surface area is 208 Å². The number of hydrogen-bond acceptors (Lipinski definition) is 0. The fourth-order valence-electron chi connectivity index (χ4n) is 4.14. The Morgan fingerprint density at radius 3 is 1.45 bits per heavy atom. The summed E-state index contributed by atoms with van der Waals surface area (Å²) in [6.45, 7) is 22.8. The predicted molar refractivity (Wildman–Crippen MR) is 154 cm³/mol. The maximum Gasteiger partial charge on any atom is -0.0174 e. The van der Waals surface area contributed by atoms with Gasteiger partial charge in [0.05, 0.1) is 0 Å². The van der Waals surface area contributed by atoms with Crippen molar-refractivity contribution in [2.24, 2.45) is 11.8 Å². The molecule has 0 heterocycles. The molecule has 0 heteroatoms. The number of rotatable bonds is 16. The smallest absolute Gasteiger partial charge is 0.0174 e. The molecule has 0 spiro atoms. The minimum Gasteiger partial charge on any atom is -0.0859 e. The van der Waals surface area contributed by atoms with Gasteiger partial charge >= 0.3 is 0 Å². The average molecular weight is 453 g/mol. The average Bonchev–Trinajstić information content (AvgIpc) is 2.72. The molecule has 0 nitrogen and oxygen atoms in total. The molecule has 0 rings (SSSR count). The summed E-state index contributed by atoms with van der Waals surface area (Å²) in [4.78, 5) is 0. The van der Waals surface area contributed by atoms with Crippen LogP contribution in [0.15, 0.2) is 69.9 Å². The monoisotopic (exact) mass is 452 g/mol. The molecule has 0 N–H and O–H groups in total. The molecule has 0 fully saturated rings. The molecule has 0 bridgehead atoms. The Morgan fingerprint density at radius 2 is 0.970 bits per heavy atom. The zero-order chi connectivity index (χ0) is 25.2. The molecule has 188 valence electrons. The van der Waals surface area contributed by atoms with E-state index in [1.165, 1.54) is 72.0 Å². The molecule has 0 aliphatic heterocycles. The Bertz CT molecular complexity index is 713. The fourth-order valence-corrected chi connectivity index (χ4v) is 4.14. The van der Waals surface area contributed by atoms with E-state index < -0.39 is 0 Å². The largest absolute Gasteiger partial charge is 0.0859 e. The van der Waals surface area contributed by atoms with Crippen molar-refractivity contribution >= 4 is 0 Å². The number of allylic oxidation sites excluding steroid dienone is 12. The molecular weight excluding hydrogens is 396 g/mol. The third-order valence-electron chi connectivity index (χ3n) is 6.77. The van der Waals surface area contributed by atoms with E-state index >= 15 is 0 Å². The highest BCUT2D eigenvalue weighted by Crippen LogP contribution is 2.24. The quantitative estimate of drug-likeness (QED) is 0.204. The van der Waals surface area contributed by atoms with Crippen LogP contribution in [0.1, 0.15) is 127 Å². The van der Waals surface area contributed by atoms with Crippen LogP contribution < -0.4 is 0 Å². The molecule has 0 aliphatic rings. The van der Waals surface area contributed by atoms with Gasteiger partial charge in [0, 0.05) is 0 Å². The zero-order valence-corrected chi connectivity index (χ0v) is 24.0. The van der Waals surface area contributed by atoms with Gasteiger partial charge in [0.1, 0.15) is 0 Å². The zero-order valence-electron chi connectivity index (χ0n) is 24.0. The Balaban J connectivity index is 4.49. The molecule has 0 aromatic heterocycles. The van der Waals surface area contributed by atoms with Crippen molar-refractivity contribution in [1.82, 2.24) is 0 Å². The van der Waals surface area contributed by atoms with Crippen molar-refractivity contribution in [2.75, 3.05) is 0 Å². The van der Waals surface area contributed by atoms with Gasteiger partial charge < -0.3 is 0 Å². The summed E-state index contributed by atoms with van der Waals surface area (Å²) < 4.78 is 0. The lowest BCUT2D eigenvalue weighted by atomic mass is 9.87. The van der Waals surface area contributed by atoms with Crippen molar-refractivity contribution in [3.05, 3.63) is 69.9 Å². The predicted octanol–water partition coefficient (Wildman–Crippen LogP) is 11.5. The van der Waals surface area contributed by atoms with Crippen molar-refractivity contribution in [3.63, 3.8) is 0 Å². The lowest BCUT2D eigenvalue weighted by molar-refractivity contribution is 0.523. The molecule has 0 aliphatic carbocycles. The first-order valence-electron chi connectivity index (χ1n) is 13.5. The minimum atomic E-state index is 0.592. The van der Waals surface area contributed by atoms with Crippen LogP contribution in [-0.2, 0) is 0 Å². The standard InChI is InChI=1S/C33H56/c1-11-16-27(4)19-13-20-29(6)22-15-24-31(8)33(10)32(9)25-30(7)23-14-21-28(5)18-12-17-26(2)3/h16-17,20-21,24-25,32-33H,11-15,18-19,22-23H2,1-10H3/b27-16+,28-21+,29-20+,30-25+,31-24+. The molecule has 33 heavy (non-hydrogen) atoms. The molecule has 0 saturated carbocycles. The van der Waals surface area contributed by atoms with E-state index in [1.807, 2.05) is 0 Å². The lowest BCUT2D eigenvalue weighted by Gasteiger charge is -2.19. The van der Waals surface area contributed by atoms with Crippen molar-refractivity contribution in [2.45, 2.75) is 127 Å². The SMILES string of the molecule is CC/C=C(\C)CC/C=C(\C)CC/C=C(\C)C(C)C(C)/C=C(\C)CC/C=C(\C)CCC=C(C)C. The van der Waals surface area contributed by atoms with Gasteiger partial charge in [-0.25, -0.2) is 0 Å². The van der Waals surface area contributed by atoms with E-state index in [4.69, 9.17) is 0 Å². The second kappa shape index (κ2) is 18.8. The maximum atomic E-state index is 2.51. The van der Waals surface area contributed by atoms with Gasteiger partial charge in [-0.1, -0.05) is 90.7 Å². The molecule has 0 saturated heterocycles. The van der Waals surface area contributed by atoms with Crippen LogP contribution in [0.5, 0.6) is 0 Å². The third-order valence-corrected chi connectivity index (χ3v) is 6.77. The fraction of sp³-hybridized carbons (Fsp3) is 0.636. The number of hydrogen-bond donors (Lipinski definition) is 0. The van der Waals surface area contributed by atoms with E-state index in [-0.39, 0.29) is 0 Å². The van der Waals surface area contributed by atoms with Gasteiger partial charge in [0.25, 0.3) is 0 Å². The normalized spacial score (nSPS) is 16.1. The van der Waals surface area contributed by atoms with E-state index in [9.17, 15) is 0 Å². The van der Waals surface area contributed by atoms with Crippen LogP contribution in [0.3, 0.4) is 0 Å². The first kappa shape index (κ1) is 31.4. The summed E-state index contributed by atoms with van der Waals surface area (Å²) in [6, 6.07) is 0. The molecule has 2 unspecified atom stereocenters. The summed E-state index contributed by atoms with van der Waals surface area (Å²) in [5.74, 6) is 1.20. The second-order valence-corrected chi connectivity index (χ2v) is 10.6. The topological polar surface area (TPSA) is 0 Å². The Hall–Kier alpha value is -1.56. The third kappa shape index (κ3) is 17.6. The highest BCUT2D eigenvalue weighted by molar-refractivity contribution is 5.12. The van der Waals surface area contributed by atoms with Crippen molar-refractivity contribution < 1.29 is 0 Å². The van der Waals surface area contributed by atoms with Gasteiger partial charge in [-0.3, -0.25) is 0 Å². The van der Waals surface area contributed by atoms with Crippen LogP contribution in [0.4, 0.5) is 0 Å². The highest BCUT2D eigenvalue weighted by atomic mass is 14.2. The van der Waals surface area contributed by atoms with Gasteiger partial charge in [0.15, 0.2) is 0 Å². The van der Waals surface area contributed by atoms with Crippen LogP contribution in [0.2, 0.25) is 0 Å². The van der Waals surface area contributed by atoms with E-state index in [2.05, 4.69) is 106 Å². The van der Waals surface area contributed by atoms with E-state index in [0.29, 0.717) is 11.8 Å². The molecule has 2 atom stereocenters. The first-order chi connectivity index (χ1) is 15.6. The molecule has 0 aromatic carbocycles. The van der Waals surface area contributed by atoms with E-state index in [1.54, 1.807) is 0 Å². The van der Waals surface area contributed by atoms with Gasteiger partial charge in [-0.05, 0) is 118 Å². The van der Waals surface area contributed by atoms with E-state index in [0.717, 1.165) is 19.3 Å². The minimum absolute atomic E-state index is 0.592. The van der Waals surface area contributed by atoms with Crippen LogP contribution in [-0.4, -0.2) is 0 Å². The van der Waals surface area contributed by atoms with Gasteiger partial charge in [-0.2, -0.15) is 0 Å². The summed E-state index contributed by atoms with van der Waals surface area (Å²) in [7, 11) is 0. The van der Waals surface area contributed by atoms with Crippen LogP contribution in [0, 0.1) is 11.8 Å². The first-order valence-corrected chi connectivity index (χ1v) is 13.5. The second-order valence-electron chi connectivity index (χ2n) is 10.6. The summed E-state index contributed by atoms with van der Waals surface area (Å²) in [5, 5.41) is 0. The Kier molecular flexibility index (Phi) is 17.9. The highest BCUT2D eigenvalue weighted by Gasteiger charge is 2.11. The molecule has 0 amide bonds. The molecular formula is C33H56. The lowest BCUT2D eigenvalue weighted by Crippen LogP contribution is -2.07. The summed E-state index contributed by atoms with van der Waals surface area (Å²) >= 11 is 0. The van der Waals surface area contributed by atoms with Crippen LogP contribution >= 0.6 is 0 Å². The van der Waals surface area contributed by atoms with Gasteiger partial charge in [0.2, 0.25) is 0 Å². The van der Waals surface area contributed by atoms with Crippen molar-refractivity contribution in [1.29, 1.82) is 0 Å².